The Morgan fingerprint density at radius 2 is 2.35 bits per heavy atom. The Hall–Kier alpha value is -0.0300. The standard InChI is InChI=1S/C16H21BrO2S/c1-11-8-13(17)2-3-14(11)15(18)12-4-6-19-16(9-12)5-7-20-10-16/h2-3,8,12,15,18H,4-7,9-10H2,1H3. The average molecular weight is 357 g/mol. The molecule has 110 valence electrons. The molecule has 3 rings (SSSR count). The van der Waals surface area contributed by atoms with Gasteiger partial charge in [0.25, 0.3) is 0 Å². The first-order chi connectivity index (χ1) is 9.60. The van der Waals surface area contributed by atoms with Crippen molar-refractivity contribution in [2.45, 2.75) is 37.9 Å². The highest BCUT2D eigenvalue weighted by atomic mass is 79.9. The molecule has 0 radical (unpaired) electrons. The molecule has 1 aromatic carbocycles. The first-order valence-electron chi connectivity index (χ1n) is 7.25. The summed E-state index contributed by atoms with van der Waals surface area (Å²) >= 11 is 5.47. The van der Waals surface area contributed by atoms with Gasteiger partial charge in [-0.1, -0.05) is 22.0 Å². The summed E-state index contributed by atoms with van der Waals surface area (Å²) in [5.74, 6) is 2.61. The van der Waals surface area contributed by atoms with E-state index < -0.39 is 0 Å². The van der Waals surface area contributed by atoms with Gasteiger partial charge in [-0.3, -0.25) is 0 Å². The molecule has 3 atom stereocenters. The van der Waals surface area contributed by atoms with Crippen LogP contribution in [0.5, 0.6) is 0 Å². The van der Waals surface area contributed by atoms with Gasteiger partial charge in [0.15, 0.2) is 0 Å². The van der Waals surface area contributed by atoms with Gasteiger partial charge in [0.05, 0.1) is 11.7 Å². The van der Waals surface area contributed by atoms with Crippen molar-refractivity contribution < 1.29 is 9.84 Å². The maximum Gasteiger partial charge on any atom is 0.0822 e. The zero-order valence-corrected chi connectivity index (χ0v) is 14.2. The SMILES string of the molecule is Cc1cc(Br)ccc1C(O)C1CCOC2(CCSC2)C1. The lowest BCUT2D eigenvalue weighted by molar-refractivity contribution is -0.102. The monoisotopic (exact) mass is 356 g/mol. The maximum absolute atomic E-state index is 10.8. The minimum Gasteiger partial charge on any atom is -0.388 e. The summed E-state index contributed by atoms with van der Waals surface area (Å²) in [7, 11) is 0. The van der Waals surface area contributed by atoms with Gasteiger partial charge >= 0.3 is 0 Å². The van der Waals surface area contributed by atoms with Gasteiger partial charge in [-0.2, -0.15) is 11.8 Å². The van der Waals surface area contributed by atoms with E-state index in [-0.39, 0.29) is 11.7 Å². The Bertz CT molecular complexity index is 485. The normalized spacial score (nSPS) is 31.6. The maximum atomic E-state index is 10.8. The lowest BCUT2D eigenvalue weighted by Gasteiger charge is -2.39. The van der Waals surface area contributed by atoms with Crippen LogP contribution in [0.15, 0.2) is 22.7 Å². The van der Waals surface area contributed by atoms with Crippen molar-refractivity contribution in [3.05, 3.63) is 33.8 Å². The van der Waals surface area contributed by atoms with E-state index in [4.69, 9.17) is 4.74 Å². The molecule has 2 heterocycles. The second kappa shape index (κ2) is 5.99. The quantitative estimate of drug-likeness (QED) is 0.864. The third-order valence-corrected chi connectivity index (χ3v) is 6.31. The van der Waals surface area contributed by atoms with Crippen LogP contribution < -0.4 is 0 Å². The van der Waals surface area contributed by atoms with E-state index in [0.29, 0.717) is 5.92 Å². The predicted octanol–water partition coefficient (Wildman–Crippen LogP) is 4.09. The molecule has 0 bridgehead atoms. The minimum atomic E-state index is -0.366. The van der Waals surface area contributed by atoms with Crippen LogP contribution in [0.2, 0.25) is 0 Å². The van der Waals surface area contributed by atoms with E-state index in [1.807, 2.05) is 17.8 Å². The topological polar surface area (TPSA) is 29.5 Å². The van der Waals surface area contributed by atoms with E-state index in [1.54, 1.807) is 0 Å². The largest absolute Gasteiger partial charge is 0.388 e. The summed E-state index contributed by atoms with van der Waals surface area (Å²) in [6.07, 6.45) is 2.73. The van der Waals surface area contributed by atoms with Crippen molar-refractivity contribution in [1.82, 2.24) is 0 Å². The molecule has 2 aliphatic rings. The van der Waals surface area contributed by atoms with Crippen molar-refractivity contribution in [3.63, 3.8) is 0 Å². The number of aryl methyl sites for hydroxylation is 1. The molecule has 1 spiro atoms. The summed E-state index contributed by atoms with van der Waals surface area (Å²) in [5.41, 5.74) is 2.27. The van der Waals surface area contributed by atoms with E-state index in [1.165, 1.54) is 5.75 Å². The molecule has 0 aliphatic carbocycles. The van der Waals surface area contributed by atoms with E-state index in [0.717, 1.165) is 47.2 Å². The Kier molecular flexibility index (Phi) is 4.46. The molecule has 1 N–H and O–H groups in total. The molecule has 0 aromatic heterocycles. The van der Waals surface area contributed by atoms with Crippen LogP contribution in [-0.4, -0.2) is 28.8 Å². The van der Waals surface area contributed by atoms with Crippen LogP contribution in [0.25, 0.3) is 0 Å². The van der Waals surface area contributed by atoms with Gasteiger partial charge in [-0.25, -0.2) is 0 Å². The lowest BCUT2D eigenvalue weighted by atomic mass is 9.79. The number of aliphatic hydroxyl groups is 1. The highest BCUT2D eigenvalue weighted by Crippen LogP contribution is 2.44. The predicted molar refractivity (Wildman–Crippen MR) is 87.2 cm³/mol. The molecule has 2 aliphatic heterocycles. The molecule has 1 aromatic rings. The summed E-state index contributed by atoms with van der Waals surface area (Å²) < 4.78 is 7.12. The average Bonchev–Trinajstić information content (AvgIpc) is 2.86. The molecule has 2 fully saturated rings. The minimum absolute atomic E-state index is 0.0395. The van der Waals surface area contributed by atoms with Crippen LogP contribution in [0.1, 0.15) is 36.5 Å². The van der Waals surface area contributed by atoms with Gasteiger partial charge in [0, 0.05) is 16.8 Å². The molecule has 2 saturated heterocycles. The molecule has 2 nitrogen and oxygen atoms in total. The van der Waals surface area contributed by atoms with Crippen molar-refractivity contribution >= 4 is 27.7 Å². The summed E-state index contributed by atoms with van der Waals surface area (Å²) in [4.78, 5) is 0. The fourth-order valence-electron chi connectivity index (χ4n) is 3.42. The van der Waals surface area contributed by atoms with E-state index in [2.05, 4.69) is 35.0 Å². The van der Waals surface area contributed by atoms with Gasteiger partial charge in [-0.15, -0.1) is 0 Å². The summed E-state index contributed by atoms with van der Waals surface area (Å²) in [5, 5.41) is 10.8. The molecule has 0 amide bonds. The Labute approximate surface area is 133 Å². The number of hydrogen-bond acceptors (Lipinski definition) is 3. The van der Waals surface area contributed by atoms with E-state index >= 15 is 0 Å². The van der Waals surface area contributed by atoms with Crippen LogP contribution in [0.4, 0.5) is 0 Å². The molecular formula is C16H21BrO2S. The zero-order valence-electron chi connectivity index (χ0n) is 11.8. The highest BCUT2D eigenvalue weighted by molar-refractivity contribution is 9.10. The lowest BCUT2D eigenvalue weighted by Crippen LogP contribution is -2.41. The number of ether oxygens (including phenoxy) is 1. The number of halogens is 1. The molecular weight excluding hydrogens is 336 g/mol. The van der Waals surface area contributed by atoms with Gasteiger partial charge in [0.2, 0.25) is 0 Å². The molecule has 20 heavy (non-hydrogen) atoms. The van der Waals surface area contributed by atoms with E-state index in [9.17, 15) is 5.11 Å². The second-order valence-corrected chi connectivity index (χ2v) is 8.05. The third-order valence-electron chi connectivity index (χ3n) is 4.60. The zero-order chi connectivity index (χ0) is 14.2. The fraction of sp³-hybridized carbons (Fsp3) is 0.625. The van der Waals surface area contributed by atoms with Crippen LogP contribution >= 0.6 is 27.7 Å². The number of benzene rings is 1. The number of thioether (sulfide) groups is 1. The number of aliphatic hydroxyl groups excluding tert-OH is 1. The smallest absolute Gasteiger partial charge is 0.0822 e. The first-order valence-corrected chi connectivity index (χ1v) is 9.20. The summed E-state index contributed by atoms with van der Waals surface area (Å²) in [6.45, 7) is 2.86. The van der Waals surface area contributed by atoms with Crippen LogP contribution in [0.3, 0.4) is 0 Å². The van der Waals surface area contributed by atoms with Crippen LogP contribution in [-0.2, 0) is 4.74 Å². The summed E-state index contributed by atoms with van der Waals surface area (Å²) in [6, 6.07) is 6.15. The Morgan fingerprint density at radius 3 is 3.05 bits per heavy atom. The third kappa shape index (κ3) is 2.94. The molecule has 3 unspecified atom stereocenters. The van der Waals surface area contributed by atoms with Gasteiger partial charge < -0.3 is 9.84 Å². The van der Waals surface area contributed by atoms with Crippen molar-refractivity contribution in [2.24, 2.45) is 5.92 Å². The number of hydrogen-bond donors (Lipinski definition) is 1. The fourth-order valence-corrected chi connectivity index (χ4v) is 5.28. The molecule has 4 heteroatoms. The second-order valence-electron chi connectivity index (χ2n) is 6.03. The van der Waals surface area contributed by atoms with Crippen molar-refractivity contribution in [1.29, 1.82) is 0 Å². The van der Waals surface area contributed by atoms with Crippen molar-refractivity contribution in [3.8, 4) is 0 Å². The van der Waals surface area contributed by atoms with Gasteiger partial charge in [-0.05, 0) is 61.1 Å². The Balaban J connectivity index is 1.77. The first kappa shape index (κ1) is 14.9. The van der Waals surface area contributed by atoms with Crippen molar-refractivity contribution in [2.75, 3.05) is 18.1 Å². The highest BCUT2D eigenvalue weighted by Gasteiger charge is 2.42. The number of rotatable bonds is 2. The Morgan fingerprint density at radius 1 is 1.50 bits per heavy atom. The van der Waals surface area contributed by atoms with Crippen LogP contribution in [0, 0.1) is 12.8 Å². The van der Waals surface area contributed by atoms with Gasteiger partial charge in [0.1, 0.15) is 0 Å². The molecule has 0 saturated carbocycles.